The van der Waals surface area contributed by atoms with Gasteiger partial charge in [-0.2, -0.15) is 30.5 Å². The van der Waals surface area contributed by atoms with Crippen molar-refractivity contribution in [3.05, 3.63) is 81.4 Å². The van der Waals surface area contributed by atoms with Gasteiger partial charge in [-0.25, -0.2) is 4.85 Å². The van der Waals surface area contributed by atoms with E-state index < -0.39 is 22.4 Å². The molecular formula is C108H149BrN12O8. The molecule has 5 N–H and O–H groups in total. The van der Waals surface area contributed by atoms with Crippen molar-refractivity contribution < 1.29 is 39.6 Å². The minimum Gasteiger partial charge on any atom is -0.390 e. The molecule has 21 heteroatoms. The van der Waals surface area contributed by atoms with Gasteiger partial charge >= 0.3 is 0 Å². The molecule has 20 saturated carbocycles. The van der Waals surface area contributed by atoms with Crippen molar-refractivity contribution in [2.75, 3.05) is 5.33 Å². The number of hydrogen-bond donors (Lipinski definition) is 5. The summed E-state index contributed by atoms with van der Waals surface area (Å²) in [6.45, 7) is 40.9. The highest BCUT2D eigenvalue weighted by molar-refractivity contribution is 9.09. The number of rotatable bonds is 11. The van der Waals surface area contributed by atoms with E-state index in [0.717, 1.165) is 181 Å². The molecule has 0 aromatic carbocycles. The average molecular weight is 1820 g/mol. The molecule has 20 nitrogen and oxygen atoms in total. The highest BCUT2D eigenvalue weighted by Gasteiger charge is 2.76. The molecule has 4 aromatic rings. The topological polar surface area (TPSA) is 288 Å². The molecule has 0 radical (unpaired) electrons. The van der Waals surface area contributed by atoms with E-state index in [1.165, 1.54) is 160 Å². The van der Waals surface area contributed by atoms with Crippen molar-refractivity contribution >= 4 is 50.6 Å². The summed E-state index contributed by atoms with van der Waals surface area (Å²) in [5, 5.41) is 80.0. The predicted octanol–water partition coefficient (Wildman–Crippen LogP) is 20.3. The van der Waals surface area contributed by atoms with Gasteiger partial charge in [-0.05, 0) is 459 Å². The first kappa shape index (κ1) is 90.6. The molecule has 40 atom stereocenters. The fourth-order valence-corrected chi connectivity index (χ4v) is 38.4. The first-order valence-electron chi connectivity index (χ1n) is 51.6. The predicted molar refractivity (Wildman–Crippen MR) is 494 cm³/mol. The lowest BCUT2D eigenvalue weighted by atomic mass is 9.48. The van der Waals surface area contributed by atoms with Gasteiger partial charge in [0.1, 0.15) is 31.0 Å². The van der Waals surface area contributed by atoms with Gasteiger partial charge in [0, 0.05) is 41.8 Å². The standard InChI is InChI=1S/3C27H37N3O2.C22H33BrO2.C5H5N3/c1-15-22(28-4)13-30(29-15)14-23(31)25-21-11-20(21)24-19-6-5-16-12-26(2,32)9-7-17(16)18(19)8-10-27(24,25)3;1-15-13-30(29-25(15)28-4)14-22(31)24-21-11-20(21)23-19-6-5-16-12-26(2,32)9-7-17(16)18(19)8-10-27(23,24)3;1-15-17(12-28)13-29-30(15)14-23(31)25-22-10-21(22)24-20-5-4-16-11-26(2,32)8-6-18(16)19(20)7-9-27(24,25)3;1-21(25)7-5-13-12(10-21)3-4-15-14(13)6-8-22(2)19(15)16-9-17(16)20(22)18(24)11-23;1-4-5(2-6)3-7-8-4/h13,16-21,24-25,32H,5-12,14H2,1-3H3;13,16-21,23-24,32H,5-12,14H2,1-3H3;13,16,18-22,24-25,32H,4-11,14H2,1-3H3;12-17,19-20,25H,3-11H2,1-2H3;3H,1H3,(H,7,8)/t16-,17+,18-,19-,20-,21+,24-,25-,26-,27+;16-,17+,18-,19-,20-,21+,23-,24-,26-,27+;16-,18+,19-,20-,21-,22+,24-,25-,26-,27+;12-,13+,14-,15-,16-,17+,19-,20-,21-,22+;/m1111./s1. The van der Waals surface area contributed by atoms with Crippen molar-refractivity contribution in [2.45, 2.75) is 331 Å². The van der Waals surface area contributed by atoms with Gasteiger partial charge in [0.2, 0.25) is 5.69 Å². The van der Waals surface area contributed by atoms with E-state index >= 15 is 0 Å². The Hall–Kier alpha value is -6.20. The Balaban J connectivity index is 0.000000105. The molecule has 0 amide bonds. The summed E-state index contributed by atoms with van der Waals surface area (Å²) in [6.07, 6.45) is 44.9. The van der Waals surface area contributed by atoms with Gasteiger partial charge in [0.05, 0.1) is 75.8 Å². The number of carbonyl (C=O) groups is 4. The summed E-state index contributed by atoms with van der Waals surface area (Å²) in [4.78, 5) is 60.6. The second-order valence-corrected chi connectivity index (χ2v) is 50.6. The summed E-state index contributed by atoms with van der Waals surface area (Å²) >= 11 is 3.46. The molecule has 20 fully saturated rings. The number of fused-ring (bicyclic) bond motifs is 28. The van der Waals surface area contributed by atoms with Crippen LogP contribution in [0.4, 0.5) is 11.5 Å². The van der Waals surface area contributed by atoms with Crippen molar-refractivity contribution in [3.8, 4) is 12.1 Å². The SMILES string of the molecule is C[C@@]1(O)CC[C@H]2[C@H](CC[C@@H]3[C@@H]2CC[C@@]2(C)[C@H]3[C@@H]3C[C@@H]3[C@@H]2C(=O)CBr)C1.Cc1[nH]ncc1C#N.Cc1c(C#N)cnn1CC(=O)[C@H]1[C@H]2C[C@H]2[C@H]2[C@@H]3CC[C@@H]4C[C@](C)(O)CC[C@@H]4[C@H]3CC[C@@]21C.[C-]#[N+]c1cn(CC(=O)[C@H]2[C@H]3C[C@H]3[C@H]3[C@@H]4CC[C@@H]5C[C@](C)(O)CC[C@@H]5[C@H]4CC[C@@]32C)nc1C.[C-]#[N+]c1nn(CC(=O)[C@H]2[C@H]3C[C@H]3[C@H]3[C@@H]4CC[C@@H]5C[C@](C)(O)CC[C@@H]5[C@H]4CC[C@@]32C)cc1C. The number of nitrogens with one attached hydrogen (secondary N) is 1. The van der Waals surface area contributed by atoms with Crippen molar-refractivity contribution in [1.82, 2.24) is 39.5 Å². The maximum Gasteiger partial charge on any atom is 0.298 e. The van der Waals surface area contributed by atoms with Crippen molar-refractivity contribution in [3.63, 3.8) is 0 Å². The third-order valence-corrected chi connectivity index (χ3v) is 43.4. The molecule has 4 aromatic heterocycles. The quantitative estimate of drug-likeness (QED) is 0.0689. The monoisotopic (exact) mass is 1820 g/mol. The van der Waals surface area contributed by atoms with Gasteiger partial charge in [-0.1, -0.05) is 50.2 Å². The number of nitrogens with zero attached hydrogens (tertiary/aromatic N) is 11. The maximum absolute atomic E-state index is 13.6. The Labute approximate surface area is 775 Å². The second-order valence-electron chi connectivity index (χ2n) is 50.0. The summed E-state index contributed by atoms with van der Waals surface area (Å²) in [5.74, 6) is 23.9. The number of halogens is 1. The number of aromatic nitrogens is 8. The van der Waals surface area contributed by atoms with E-state index in [1.807, 2.05) is 60.7 Å². The number of aliphatic hydroxyl groups is 4. The van der Waals surface area contributed by atoms with Gasteiger partial charge in [0.15, 0.2) is 17.3 Å². The van der Waals surface area contributed by atoms with E-state index in [1.54, 1.807) is 26.4 Å². The number of alkyl halides is 1. The molecule has 696 valence electrons. The minimum absolute atomic E-state index is 0.137. The van der Waals surface area contributed by atoms with Gasteiger partial charge in [-0.3, -0.25) is 33.6 Å². The lowest BCUT2D eigenvalue weighted by molar-refractivity contribution is -0.137. The van der Waals surface area contributed by atoms with Crippen LogP contribution in [0, 0.1) is 275 Å². The van der Waals surface area contributed by atoms with Crippen LogP contribution in [0.5, 0.6) is 0 Å². The van der Waals surface area contributed by atoms with E-state index in [0.29, 0.717) is 136 Å². The minimum atomic E-state index is -0.459. The molecule has 0 unspecified atom stereocenters. The lowest BCUT2D eigenvalue weighted by Gasteiger charge is -2.57. The van der Waals surface area contributed by atoms with Crippen LogP contribution in [0.25, 0.3) is 9.69 Å². The van der Waals surface area contributed by atoms with Crippen LogP contribution >= 0.6 is 15.9 Å². The first-order chi connectivity index (χ1) is 61.4. The highest BCUT2D eigenvalue weighted by atomic mass is 79.9. The molecule has 0 saturated heterocycles. The average Bonchev–Trinajstić information content (AvgIpc) is 1.53. The number of aryl methyl sites for hydroxylation is 3. The Morgan fingerprint density at radius 1 is 0.426 bits per heavy atom. The number of nitriles is 2. The molecule has 4 heterocycles. The van der Waals surface area contributed by atoms with Gasteiger partial charge < -0.3 is 25.3 Å². The van der Waals surface area contributed by atoms with Crippen LogP contribution in [0.3, 0.4) is 0 Å². The number of hydrogen-bond acceptors (Lipinski definition) is 14. The number of ketones is 4. The normalized spacial score (nSPS) is 48.3. The Kier molecular flexibility index (Phi) is 23.2. The van der Waals surface area contributed by atoms with Gasteiger partial charge in [-0.15, -0.1) is 0 Å². The zero-order chi connectivity index (χ0) is 90.8. The Morgan fingerprint density at radius 2 is 0.767 bits per heavy atom. The molecule has 0 aliphatic heterocycles. The molecule has 20 aliphatic rings. The molecule has 0 bridgehead atoms. The van der Waals surface area contributed by atoms with Crippen LogP contribution < -0.4 is 0 Å². The fourth-order valence-electron chi connectivity index (χ4n) is 38.0. The zero-order valence-corrected chi connectivity index (χ0v) is 81.0. The first-order valence-corrected chi connectivity index (χ1v) is 52.7. The Bertz CT molecular complexity index is 5000. The van der Waals surface area contributed by atoms with Crippen molar-refractivity contribution in [2.24, 2.45) is 211 Å². The largest absolute Gasteiger partial charge is 0.390 e. The third kappa shape index (κ3) is 15.6. The molecule has 0 spiro atoms. The van der Waals surface area contributed by atoms with Crippen molar-refractivity contribution in [1.29, 1.82) is 10.5 Å². The second kappa shape index (κ2) is 33.1. The van der Waals surface area contributed by atoms with Gasteiger partial charge in [0.25, 0.3) is 5.82 Å². The van der Waals surface area contributed by atoms with Crippen LogP contribution in [-0.4, -0.2) is 111 Å². The van der Waals surface area contributed by atoms with E-state index in [-0.39, 0.29) is 39.4 Å². The summed E-state index contributed by atoms with van der Waals surface area (Å²) in [7, 11) is 0. The fraction of sp³-hybridized carbons (Fsp3) is 0.815. The Morgan fingerprint density at radius 3 is 1.06 bits per heavy atom. The zero-order valence-electron chi connectivity index (χ0n) is 79.5. The maximum atomic E-state index is 13.6. The molecular weight excluding hydrogens is 1670 g/mol. The summed E-state index contributed by atoms with van der Waals surface area (Å²) < 4.78 is 5.17. The molecule has 24 rings (SSSR count). The van der Waals surface area contributed by atoms with E-state index in [2.05, 4.69) is 91.8 Å². The number of aromatic amines is 1. The third-order valence-electron chi connectivity index (χ3n) is 42.8. The van der Waals surface area contributed by atoms with E-state index in [9.17, 15) is 44.9 Å². The van der Waals surface area contributed by atoms with E-state index in [4.69, 9.17) is 18.4 Å². The highest BCUT2D eigenvalue weighted by Crippen LogP contribution is 2.80. The number of carbonyl (C=O) groups excluding carboxylic acids is 4. The smallest absolute Gasteiger partial charge is 0.298 e. The van der Waals surface area contributed by atoms with Crippen LogP contribution in [0.2, 0.25) is 0 Å². The van der Waals surface area contributed by atoms with Crippen LogP contribution in [0.1, 0.15) is 295 Å². The van der Waals surface area contributed by atoms with Crippen LogP contribution in [-0.2, 0) is 38.8 Å². The molecule has 129 heavy (non-hydrogen) atoms. The molecule has 20 aliphatic carbocycles. The number of H-pyrrole nitrogens is 1. The summed E-state index contributed by atoms with van der Waals surface area (Å²) in [5.41, 5.74) is 3.87. The van der Waals surface area contributed by atoms with Crippen LogP contribution in [0.15, 0.2) is 24.8 Å². The lowest BCUT2D eigenvalue weighted by Crippen LogP contribution is -2.52. The summed E-state index contributed by atoms with van der Waals surface area (Å²) in [6, 6.07) is 4.16. The number of Topliss-reactive ketones (excluding diaryl/α,β-unsaturated/α-hetero) is 4.